The van der Waals surface area contributed by atoms with Gasteiger partial charge in [-0.3, -0.25) is 0 Å². The first kappa shape index (κ1) is 7.20. The molecule has 0 rings (SSSR count). The molecule has 0 aliphatic rings. The van der Waals surface area contributed by atoms with Crippen molar-refractivity contribution < 1.29 is 25.4 Å². The van der Waals surface area contributed by atoms with Gasteiger partial charge >= 0.3 is 0 Å². The zero-order chi connectivity index (χ0) is 7.28. The first-order valence-corrected chi connectivity index (χ1v) is 1.53. The minimum Gasteiger partial charge on any atom is -0.358 e. The van der Waals surface area contributed by atoms with Gasteiger partial charge in [0.1, 0.15) is 0 Å². The second kappa shape index (κ2) is 3.23. The molecule has 0 bridgehead atoms. The molecule has 2 N–H and O–H groups in total. The Balaban J connectivity index is 3.75. The third-order valence-electron chi connectivity index (χ3n) is 0.286. The van der Waals surface area contributed by atoms with Gasteiger partial charge in [-0.1, -0.05) is 4.94 Å². The highest BCUT2D eigenvalue weighted by Gasteiger charge is 2.04. The minimum atomic E-state index is -0.854. The molecule has 0 heterocycles. The van der Waals surface area contributed by atoms with Crippen molar-refractivity contribution in [3.63, 3.8) is 0 Å². The van der Waals surface area contributed by atoms with Crippen molar-refractivity contribution in [2.45, 2.75) is 0 Å². The standard InChI is InChI=1S/H2N4O5/c5-1-3(7)9-4(8)2-6/h5-6H. The number of hydrogen-bond acceptors (Lipinski definition) is 5. The zero-order valence-electron chi connectivity index (χ0n) is 3.91. The van der Waals surface area contributed by atoms with Crippen LogP contribution in [0.3, 0.4) is 0 Å². The summed E-state index contributed by atoms with van der Waals surface area (Å²) in [6, 6.07) is 0. The smallest absolute Gasteiger partial charge is 0.266 e. The molecule has 0 aliphatic carbocycles. The molecule has 0 saturated heterocycles. The molecule has 0 spiro atoms. The van der Waals surface area contributed by atoms with E-state index in [1.165, 1.54) is 0 Å². The minimum absolute atomic E-state index is 0.854. The van der Waals surface area contributed by atoms with Crippen molar-refractivity contribution in [2.75, 3.05) is 0 Å². The Bertz CT molecular complexity index is 120. The summed E-state index contributed by atoms with van der Waals surface area (Å²) in [6.45, 7) is 0. The molecule has 9 heavy (non-hydrogen) atoms. The molecule has 0 aromatic carbocycles. The first-order valence-electron chi connectivity index (χ1n) is 1.53. The Hall–Kier alpha value is -1.80. The maximum absolute atomic E-state index is 9.65. The van der Waals surface area contributed by atoms with Gasteiger partial charge in [0.25, 0.3) is 20.6 Å². The van der Waals surface area contributed by atoms with E-state index >= 15 is 0 Å². The maximum Gasteiger partial charge on any atom is 0.266 e. The Morgan fingerprint density at radius 3 is 1.67 bits per heavy atom. The molecule has 0 fully saturated rings. The van der Waals surface area contributed by atoms with Gasteiger partial charge in [-0.05, 0) is 0 Å². The molecule has 52 valence electrons. The van der Waals surface area contributed by atoms with Gasteiger partial charge in [-0.15, -0.1) is 0 Å². The van der Waals surface area contributed by atoms with Gasteiger partial charge in [0.05, 0.1) is 0 Å². The summed E-state index contributed by atoms with van der Waals surface area (Å²) in [5.74, 6) is 0. The lowest BCUT2D eigenvalue weighted by molar-refractivity contribution is -1.06. The third kappa shape index (κ3) is 2.85. The molecule has 0 saturated carbocycles. The number of nitrogens with zero attached hydrogens (tertiary/aromatic N) is 4. The van der Waals surface area contributed by atoms with E-state index in [0.29, 0.717) is 0 Å². The zero-order valence-corrected chi connectivity index (χ0v) is 3.91. The molecular weight excluding hydrogens is 136 g/mol. The number of rotatable bonds is 2. The van der Waals surface area contributed by atoms with E-state index in [1.807, 2.05) is 10.6 Å². The van der Waals surface area contributed by atoms with E-state index in [9.17, 15) is 10.4 Å². The largest absolute Gasteiger partial charge is 0.358 e. The molecule has 9 nitrogen and oxygen atoms in total. The average Bonchev–Trinajstić information content (AvgIpc) is 1.87. The number of hydrogen-bond donors (Lipinski definition) is 2. The van der Waals surface area contributed by atoms with Gasteiger partial charge in [-0.25, -0.2) is 10.4 Å². The SMILES string of the molecule is [O-][N+](=NO)O[N+]([O-])=NO. The highest BCUT2D eigenvalue weighted by Crippen LogP contribution is 1.78. The van der Waals surface area contributed by atoms with Crippen molar-refractivity contribution in [1.29, 1.82) is 0 Å². The second-order valence-electron chi connectivity index (χ2n) is 0.736. The summed E-state index contributed by atoms with van der Waals surface area (Å²) in [7, 11) is 0. The van der Waals surface area contributed by atoms with E-state index in [4.69, 9.17) is 10.4 Å². The first-order chi connectivity index (χ1) is 4.20. The van der Waals surface area contributed by atoms with Crippen LogP contribution in [0.5, 0.6) is 0 Å². The predicted molar refractivity (Wildman–Crippen MR) is 16.8 cm³/mol. The van der Waals surface area contributed by atoms with Crippen LogP contribution in [0.15, 0.2) is 10.6 Å². The average molecular weight is 138 g/mol. The highest BCUT2D eigenvalue weighted by molar-refractivity contribution is 3.80. The Labute approximate surface area is 47.7 Å². The third-order valence-corrected chi connectivity index (χ3v) is 0.286. The van der Waals surface area contributed by atoms with Crippen LogP contribution >= 0.6 is 0 Å². The molecule has 0 amide bonds. The van der Waals surface area contributed by atoms with Crippen LogP contribution in [0.25, 0.3) is 0 Å². The van der Waals surface area contributed by atoms with Crippen LogP contribution in [-0.2, 0) is 4.94 Å². The van der Waals surface area contributed by atoms with E-state index in [2.05, 4.69) is 4.94 Å². The van der Waals surface area contributed by atoms with E-state index in [0.717, 1.165) is 0 Å². The van der Waals surface area contributed by atoms with Crippen LogP contribution in [-0.4, -0.2) is 20.5 Å². The molecule has 9 heteroatoms. The summed E-state index contributed by atoms with van der Waals surface area (Å²) in [4.78, 5) is 3.27. The summed E-state index contributed by atoms with van der Waals surface area (Å²) in [5, 5.41) is 36.2. The molecule has 0 atom stereocenters. The summed E-state index contributed by atoms with van der Waals surface area (Å²) in [6.07, 6.45) is 0. The predicted octanol–water partition coefficient (Wildman–Crippen LogP) is -0.464. The van der Waals surface area contributed by atoms with E-state index < -0.39 is 10.0 Å². The lowest BCUT2D eigenvalue weighted by atomic mass is 12.6. The van der Waals surface area contributed by atoms with Crippen molar-refractivity contribution in [2.24, 2.45) is 10.6 Å². The quantitative estimate of drug-likeness (QED) is 0.394. The molecule has 0 aromatic rings. The monoisotopic (exact) mass is 138 g/mol. The Morgan fingerprint density at radius 1 is 1.11 bits per heavy atom. The highest BCUT2D eigenvalue weighted by atomic mass is 17.1. The summed E-state index contributed by atoms with van der Waals surface area (Å²) < 4.78 is 0. The van der Waals surface area contributed by atoms with Gasteiger partial charge in [0, 0.05) is 0 Å². The lowest BCUT2D eigenvalue weighted by Gasteiger charge is -1.83. The maximum atomic E-state index is 9.65. The van der Waals surface area contributed by atoms with Crippen molar-refractivity contribution in [1.82, 2.24) is 0 Å². The van der Waals surface area contributed by atoms with Crippen LogP contribution in [0.1, 0.15) is 0 Å². The normalized spacial score (nSPS) is 13.3. The molecule has 0 unspecified atom stereocenters. The Kier molecular flexibility index (Phi) is 2.59. The van der Waals surface area contributed by atoms with Gasteiger partial charge in [-0.2, -0.15) is 0 Å². The van der Waals surface area contributed by atoms with E-state index in [-0.39, 0.29) is 0 Å². The van der Waals surface area contributed by atoms with Gasteiger partial charge in [0.15, 0.2) is 0 Å². The van der Waals surface area contributed by atoms with Gasteiger partial charge in [0.2, 0.25) is 0 Å². The fourth-order valence-electron chi connectivity index (χ4n) is 0.0924. The molecular formula is H2N4O5. The van der Waals surface area contributed by atoms with Crippen molar-refractivity contribution >= 4 is 0 Å². The van der Waals surface area contributed by atoms with Crippen LogP contribution < -0.4 is 0 Å². The lowest BCUT2D eigenvalue weighted by Crippen LogP contribution is -2.09. The summed E-state index contributed by atoms with van der Waals surface area (Å²) >= 11 is 0. The second-order valence-corrected chi connectivity index (χ2v) is 0.736. The van der Waals surface area contributed by atoms with E-state index in [1.54, 1.807) is 0 Å². The van der Waals surface area contributed by atoms with Crippen LogP contribution in [0.4, 0.5) is 0 Å². The van der Waals surface area contributed by atoms with Crippen LogP contribution in [0, 0.1) is 10.4 Å². The molecule has 0 radical (unpaired) electrons. The Morgan fingerprint density at radius 2 is 1.44 bits per heavy atom. The summed E-state index contributed by atoms with van der Waals surface area (Å²) in [5.41, 5.74) is 0. The van der Waals surface area contributed by atoms with Crippen LogP contribution in [0.2, 0.25) is 0 Å². The van der Waals surface area contributed by atoms with Gasteiger partial charge < -0.3 is 10.4 Å². The fraction of sp³-hybridized carbons (Fsp3) is 0. The van der Waals surface area contributed by atoms with Crippen molar-refractivity contribution in [3.05, 3.63) is 10.4 Å². The fourth-order valence-corrected chi connectivity index (χ4v) is 0.0924. The molecule has 0 aromatic heterocycles. The van der Waals surface area contributed by atoms with Crippen molar-refractivity contribution in [3.8, 4) is 0 Å². The molecule has 0 aliphatic heterocycles. The topological polar surface area (TPSA) is 127 Å².